The highest BCUT2D eigenvalue weighted by Gasteiger charge is 2.39. The molecule has 1 aliphatic heterocycles. The molecular formula is C17H18NO5S2-. The van der Waals surface area contributed by atoms with E-state index in [1.165, 1.54) is 7.11 Å². The Morgan fingerprint density at radius 1 is 1.32 bits per heavy atom. The van der Waals surface area contributed by atoms with Crippen molar-refractivity contribution < 1.29 is 24.2 Å². The van der Waals surface area contributed by atoms with E-state index < -0.39 is 17.9 Å². The van der Waals surface area contributed by atoms with Crippen LogP contribution in [0, 0.1) is 5.92 Å². The lowest BCUT2D eigenvalue weighted by molar-refractivity contribution is -0.311. The Balaban J connectivity index is 2.39. The number of thioether (sulfide) groups is 1. The monoisotopic (exact) mass is 380 g/mol. The van der Waals surface area contributed by atoms with E-state index in [-0.39, 0.29) is 10.2 Å². The second kappa shape index (κ2) is 7.88. The summed E-state index contributed by atoms with van der Waals surface area (Å²) in [7, 11) is 3.06. The first-order valence-electron chi connectivity index (χ1n) is 7.50. The van der Waals surface area contributed by atoms with Gasteiger partial charge in [0.15, 0.2) is 0 Å². The Bertz CT molecular complexity index is 745. The van der Waals surface area contributed by atoms with Gasteiger partial charge in [0.05, 0.1) is 31.1 Å². The first kappa shape index (κ1) is 19.3. The molecule has 8 heteroatoms. The summed E-state index contributed by atoms with van der Waals surface area (Å²) in [6.45, 7) is 3.41. The quantitative estimate of drug-likeness (QED) is 0.549. The van der Waals surface area contributed by atoms with Gasteiger partial charge in [-0.2, -0.15) is 0 Å². The number of carboxylic acids is 1. The van der Waals surface area contributed by atoms with E-state index in [1.54, 1.807) is 45.2 Å². The first-order chi connectivity index (χ1) is 11.8. The molecule has 0 bridgehead atoms. The predicted molar refractivity (Wildman–Crippen MR) is 98.2 cm³/mol. The Kier molecular flexibility index (Phi) is 6.07. The van der Waals surface area contributed by atoms with Crippen LogP contribution >= 0.6 is 24.0 Å². The van der Waals surface area contributed by atoms with Crippen molar-refractivity contribution in [1.29, 1.82) is 0 Å². The number of ether oxygens (including phenoxy) is 2. The highest BCUT2D eigenvalue weighted by molar-refractivity contribution is 8.26. The summed E-state index contributed by atoms with van der Waals surface area (Å²) in [4.78, 5) is 25.6. The van der Waals surface area contributed by atoms with Crippen LogP contribution in [0.3, 0.4) is 0 Å². The molecule has 6 nitrogen and oxygen atoms in total. The third kappa shape index (κ3) is 3.96. The minimum absolute atomic E-state index is 0.201. The molecule has 0 aromatic heterocycles. The molecule has 1 amide bonds. The van der Waals surface area contributed by atoms with Crippen molar-refractivity contribution in [2.24, 2.45) is 5.92 Å². The number of methoxy groups -OCH3 is 2. The van der Waals surface area contributed by atoms with Gasteiger partial charge in [0.1, 0.15) is 15.8 Å². The molecule has 1 atom stereocenters. The lowest BCUT2D eigenvalue weighted by atomic mass is 10.0. The van der Waals surface area contributed by atoms with Gasteiger partial charge in [0.2, 0.25) is 0 Å². The molecule has 0 aliphatic carbocycles. The number of hydrogen-bond donors (Lipinski definition) is 0. The van der Waals surface area contributed by atoms with E-state index in [1.807, 2.05) is 0 Å². The number of nitrogens with zero attached hydrogens (tertiary/aromatic N) is 1. The number of aliphatic carboxylic acids is 1. The molecule has 1 aliphatic rings. The zero-order valence-electron chi connectivity index (χ0n) is 14.3. The maximum atomic E-state index is 12.7. The summed E-state index contributed by atoms with van der Waals surface area (Å²) in [5, 5.41) is 11.4. The number of carbonyl (C=O) groups excluding carboxylic acids is 2. The molecule has 2 rings (SSSR count). The van der Waals surface area contributed by atoms with Crippen molar-refractivity contribution in [3.63, 3.8) is 0 Å². The van der Waals surface area contributed by atoms with Crippen molar-refractivity contribution in [2.75, 3.05) is 14.2 Å². The smallest absolute Gasteiger partial charge is 0.266 e. The van der Waals surface area contributed by atoms with E-state index in [0.717, 1.165) is 16.7 Å². The topological polar surface area (TPSA) is 78.9 Å². The Hall–Kier alpha value is -2.06. The zero-order valence-corrected chi connectivity index (χ0v) is 15.9. The van der Waals surface area contributed by atoms with Gasteiger partial charge < -0.3 is 19.4 Å². The average Bonchev–Trinajstić information content (AvgIpc) is 2.82. The van der Waals surface area contributed by atoms with E-state index >= 15 is 0 Å². The highest BCUT2D eigenvalue weighted by Crippen LogP contribution is 2.37. The summed E-state index contributed by atoms with van der Waals surface area (Å²) >= 11 is 6.27. The van der Waals surface area contributed by atoms with E-state index in [9.17, 15) is 14.7 Å². The molecule has 1 heterocycles. The fourth-order valence-corrected chi connectivity index (χ4v) is 3.79. The van der Waals surface area contributed by atoms with Gasteiger partial charge in [-0.25, -0.2) is 0 Å². The predicted octanol–water partition coefficient (Wildman–Crippen LogP) is 1.68. The molecule has 1 saturated heterocycles. The SMILES string of the molecule is COc1ccc(C=C2SC(=S)N(C(C(=O)[O-])C(C)C)C2=O)c(OC)c1. The Morgan fingerprint density at radius 3 is 2.52 bits per heavy atom. The van der Waals surface area contributed by atoms with Gasteiger partial charge in [0, 0.05) is 11.6 Å². The number of carbonyl (C=O) groups is 2. The van der Waals surface area contributed by atoms with Crippen molar-refractivity contribution in [3.8, 4) is 11.5 Å². The minimum atomic E-state index is -1.32. The second-order valence-electron chi connectivity index (χ2n) is 5.67. The Labute approximate surface area is 155 Å². The fourth-order valence-electron chi connectivity index (χ4n) is 2.47. The maximum absolute atomic E-state index is 12.7. The first-order valence-corrected chi connectivity index (χ1v) is 8.72. The van der Waals surface area contributed by atoms with Gasteiger partial charge in [0.25, 0.3) is 5.91 Å². The normalized spacial score (nSPS) is 17.3. The fraction of sp³-hybridized carbons (Fsp3) is 0.353. The molecule has 1 aromatic carbocycles. The van der Waals surface area contributed by atoms with E-state index in [0.29, 0.717) is 22.0 Å². The number of rotatable bonds is 6. The molecule has 134 valence electrons. The van der Waals surface area contributed by atoms with E-state index in [2.05, 4.69) is 0 Å². The van der Waals surface area contributed by atoms with Gasteiger partial charge in [-0.3, -0.25) is 9.69 Å². The average molecular weight is 380 g/mol. The standard InChI is InChI=1S/C17H19NO5S2/c1-9(2)14(16(20)21)18-15(19)13(25-17(18)24)7-10-5-6-11(22-3)8-12(10)23-4/h5-9,14H,1-4H3,(H,20,21)/p-1. The van der Waals surface area contributed by atoms with Crippen LogP contribution in [0.5, 0.6) is 11.5 Å². The number of benzene rings is 1. The van der Waals surface area contributed by atoms with Crippen molar-refractivity contribution in [2.45, 2.75) is 19.9 Å². The number of hydrogen-bond acceptors (Lipinski definition) is 7. The largest absolute Gasteiger partial charge is 0.548 e. The number of thiocarbonyl (C=S) groups is 1. The van der Waals surface area contributed by atoms with Crippen molar-refractivity contribution in [3.05, 3.63) is 28.7 Å². The Morgan fingerprint density at radius 2 is 2.00 bits per heavy atom. The third-order valence-electron chi connectivity index (χ3n) is 3.70. The lowest BCUT2D eigenvalue weighted by Gasteiger charge is -2.30. The molecule has 1 unspecified atom stereocenters. The van der Waals surface area contributed by atoms with Crippen LogP contribution in [0.1, 0.15) is 19.4 Å². The van der Waals surface area contributed by atoms with Crippen molar-refractivity contribution >= 4 is 46.3 Å². The van der Waals surface area contributed by atoms with Gasteiger partial charge in [-0.05, 0) is 24.1 Å². The molecule has 25 heavy (non-hydrogen) atoms. The summed E-state index contributed by atoms with van der Waals surface area (Å²) in [5.41, 5.74) is 0.665. The van der Waals surface area contributed by atoms with Gasteiger partial charge in [-0.1, -0.05) is 37.8 Å². The minimum Gasteiger partial charge on any atom is -0.548 e. The van der Waals surface area contributed by atoms with Gasteiger partial charge in [-0.15, -0.1) is 0 Å². The van der Waals surface area contributed by atoms with Crippen LogP contribution in [0.15, 0.2) is 23.1 Å². The zero-order chi connectivity index (χ0) is 18.7. The molecule has 0 N–H and O–H groups in total. The highest BCUT2D eigenvalue weighted by atomic mass is 32.2. The third-order valence-corrected chi connectivity index (χ3v) is 5.03. The van der Waals surface area contributed by atoms with Crippen LogP contribution < -0.4 is 14.6 Å². The summed E-state index contributed by atoms with van der Waals surface area (Å²) < 4.78 is 10.7. The van der Waals surface area contributed by atoms with Crippen LogP contribution in [-0.2, 0) is 9.59 Å². The summed E-state index contributed by atoms with van der Waals surface area (Å²) in [6, 6.07) is 4.09. The van der Waals surface area contributed by atoms with Crippen LogP contribution in [0.4, 0.5) is 0 Å². The number of carboxylic acid groups (broad SMARTS) is 1. The molecule has 0 saturated carbocycles. The number of amides is 1. The second-order valence-corrected chi connectivity index (χ2v) is 7.34. The van der Waals surface area contributed by atoms with Crippen LogP contribution in [0.2, 0.25) is 0 Å². The molecular weight excluding hydrogens is 362 g/mol. The molecule has 0 radical (unpaired) electrons. The molecule has 0 spiro atoms. The lowest BCUT2D eigenvalue weighted by Crippen LogP contribution is -2.52. The molecule has 1 aromatic rings. The van der Waals surface area contributed by atoms with Crippen molar-refractivity contribution in [1.82, 2.24) is 4.90 Å². The summed E-state index contributed by atoms with van der Waals surface area (Å²) in [5.74, 6) is -0.948. The van der Waals surface area contributed by atoms with Crippen LogP contribution in [0.25, 0.3) is 6.08 Å². The van der Waals surface area contributed by atoms with E-state index in [4.69, 9.17) is 21.7 Å². The summed E-state index contributed by atoms with van der Waals surface area (Å²) in [6.07, 6.45) is 1.63. The van der Waals surface area contributed by atoms with Crippen LogP contribution in [-0.4, -0.2) is 41.4 Å². The van der Waals surface area contributed by atoms with Gasteiger partial charge >= 0.3 is 0 Å². The molecule has 1 fully saturated rings. The maximum Gasteiger partial charge on any atom is 0.266 e.